The zero-order chi connectivity index (χ0) is 37.4. The number of anilines is 1. The van der Waals surface area contributed by atoms with E-state index in [4.69, 9.17) is 14.5 Å². The molecule has 12 nitrogen and oxygen atoms in total. The molecule has 0 saturated carbocycles. The van der Waals surface area contributed by atoms with Crippen LogP contribution in [-0.2, 0) is 16.1 Å². The Hall–Kier alpha value is -5.44. The molecule has 8 rings (SSSR count). The molecule has 4 aromatic carbocycles. The molecule has 0 radical (unpaired) electrons. The lowest BCUT2D eigenvalue weighted by Gasteiger charge is -2.50. The number of methoxy groups -OCH3 is 2. The van der Waals surface area contributed by atoms with Crippen molar-refractivity contribution in [3.63, 3.8) is 0 Å². The summed E-state index contributed by atoms with van der Waals surface area (Å²) in [6.07, 6.45) is 2.53. The van der Waals surface area contributed by atoms with Gasteiger partial charge >= 0.3 is 5.91 Å². The average Bonchev–Trinajstić information content (AvgIpc) is 3.18. The van der Waals surface area contributed by atoms with E-state index in [1.165, 1.54) is 18.9 Å². The minimum absolute atomic E-state index is 0.00450. The zero-order valence-corrected chi connectivity index (χ0v) is 31.3. The first-order valence-electron chi connectivity index (χ1n) is 17.6. The van der Waals surface area contributed by atoms with E-state index >= 15 is 0 Å². The number of H-pyrrole nitrogens is 1. The Bertz CT molecular complexity index is 2560. The van der Waals surface area contributed by atoms with Gasteiger partial charge in [-0.25, -0.2) is 19.2 Å². The number of para-hydroxylation sites is 1. The summed E-state index contributed by atoms with van der Waals surface area (Å²) in [5.74, 6) is 1.21. The summed E-state index contributed by atoms with van der Waals surface area (Å²) in [4.78, 5) is 65.7. The van der Waals surface area contributed by atoms with Crippen molar-refractivity contribution in [2.24, 2.45) is 0 Å². The molecule has 1 fully saturated rings. The van der Waals surface area contributed by atoms with E-state index in [1.807, 2.05) is 48.5 Å². The van der Waals surface area contributed by atoms with E-state index in [0.717, 1.165) is 60.1 Å². The van der Waals surface area contributed by atoms with Crippen LogP contribution >= 0.6 is 23.5 Å². The highest BCUT2D eigenvalue weighted by molar-refractivity contribution is 8.00. The van der Waals surface area contributed by atoms with E-state index < -0.39 is 0 Å². The fraction of sp³-hybridized carbons (Fsp3) is 0.250. The second-order valence-electron chi connectivity index (χ2n) is 13.3. The number of fused-ring (bicyclic) bond motifs is 4. The summed E-state index contributed by atoms with van der Waals surface area (Å²) in [5.41, 5.74) is 3.69. The predicted molar refractivity (Wildman–Crippen MR) is 213 cm³/mol. The third-order valence-electron chi connectivity index (χ3n) is 10.3. The molecule has 2 aromatic heterocycles. The van der Waals surface area contributed by atoms with Crippen molar-refractivity contribution in [1.29, 1.82) is 0 Å². The molecule has 2 aliphatic heterocycles. The molecule has 2 aliphatic rings. The molecular weight excluding hydrogens is 725 g/mol. The molecule has 4 heterocycles. The van der Waals surface area contributed by atoms with Gasteiger partial charge in [0, 0.05) is 25.1 Å². The number of nitrogens with zero attached hydrogens (tertiary/aromatic N) is 4. The quantitative estimate of drug-likeness (QED) is 0.104. The molecule has 2 amide bonds. The number of amides is 2. The Balaban J connectivity index is 1.04. The number of aromatic amines is 1. The highest BCUT2D eigenvalue weighted by Crippen LogP contribution is 2.41. The molecule has 2 atom stereocenters. The molecule has 2 unspecified atom stereocenters. The number of thioether (sulfide) groups is 2. The molecule has 14 heteroatoms. The number of rotatable bonds is 8. The largest absolute Gasteiger partial charge is 0.497 e. The summed E-state index contributed by atoms with van der Waals surface area (Å²) < 4.78 is 12.9. The first-order valence-corrected chi connectivity index (χ1v) is 19.6. The number of ether oxygens (including phenoxy) is 2. The van der Waals surface area contributed by atoms with Crippen molar-refractivity contribution in [1.82, 2.24) is 24.0 Å². The molecule has 6 aromatic rings. The number of carbonyl (C=O) groups is 2. The summed E-state index contributed by atoms with van der Waals surface area (Å²) in [7, 11) is 3.16. The number of hydrogen-bond acceptors (Lipinski definition) is 10. The van der Waals surface area contributed by atoms with E-state index in [9.17, 15) is 19.2 Å². The lowest BCUT2D eigenvalue weighted by molar-refractivity contribution is -0.135. The minimum Gasteiger partial charge on any atom is -0.497 e. The van der Waals surface area contributed by atoms with Gasteiger partial charge in [0.05, 0.1) is 60.4 Å². The second kappa shape index (κ2) is 14.8. The van der Waals surface area contributed by atoms with Gasteiger partial charge in [-0.05, 0) is 66.1 Å². The third-order valence-corrected chi connectivity index (χ3v) is 12.2. The van der Waals surface area contributed by atoms with E-state index in [-0.39, 0.29) is 40.5 Å². The number of benzene rings is 4. The second-order valence-corrected chi connectivity index (χ2v) is 15.2. The van der Waals surface area contributed by atoms with Gasteiger partial charge in [-0.3, -0.25) is 19.0 Å². The average molecular weight is 762 g/mol. The number of nitrogens with one attached hydrogen (secondary N) is 2. The van der Waals surface area contributed by atoms with Crippen LogP contribution in [-0.4, -0.2) is 69.6 Å². The molecule has 0 spiro atoms. The summed E-state index contributed by atoms with van der Waals surface area (Å²) in [6, 6.07) is 26.0. The number of aromatic nitrogens is 4. The van der Waals surface area contributed by atoms with Crippen molar-refractivity contribution in [3.8, 4) is 22.6 Å². The molecule has 0 aliphatic carbocycles. The van der Waals surface area contributed by atoms with E-state index in [0.29, 0.717) is 54.6 Å². The lowest BCUT2D eigenvalue weighted by Crippen LogP contribution is -2.70. The first kappa shape index (κ1) is 35.6. The lowest BCUT2D eigenvalue weighted by atomic mass is 9.91. The van der Waals surface area contributed by atoms with Crippen LogP contribution in [0.1, 0.15) is 19.3 Å². The molecule has 0 bridgehead atoms. The van der Waals surface area contributed by atoms with Crippen molar-refractivity contribution in [3.05, 3.63) is 106 Å². The van der Waals surface area contributed by atoms with Gasteiger partial charge in [0.25, 0.3) is 11.1 Å². The van der Waals surface area contributed by atoms with Crippen LogP contribution in [0.4, 0.5) is 11.4 Å². The highest BCUT2D eigenvalue weighted by atomic mass is 32.2. The van der Waals surface area contributed by atoms with Crippen LogP contribution in [0.25, 0.3) is 32.9 Å². The van der Waals surface area contributed by atoms with Gasteiger partial charge in [-0.1, -0.05) is 47.8 Å². The summed E-state index contributed by atoms with van der Waals surface area (Å²) in [6.45, 7) is 1.27. The topological polar surface area (TPSA) is 145 Å². The maximum absolute atomic E-state index is 14.0. The number of carbonyl (C=O) groups excluding carboxylic acids is 2. The number of hydrogen-bond donors (Lipinski definition) is 2. The van der Waals surface area contributed by atoms with E-state index in [2.05, 4.69) is 15.3 Å². The van der Waals surface area contributed by atoms with Crippen LogP contribution < -0.4 is 30.4 Å². The van der Waals surface area contributed by atoms with Crippen molar-refractivity contribution in [2.75, 3.05) is 37.6 Å². The van der Waals surface area contributed by atoms with Gasteiger partial charge in [0.2, 0.25) is 5.91 Å². The Morgan fingerprint density at radius 2 is 1.72 bits per heavy atom. The fourth-order valence-corrected chi connectivity index (χ4v) is 9.09. The monoisotopic (exact) mass is 761 g/mol. The Kier molecular flexibility index (Phi) is 9.73. The smallest absolute Gasteiger partial charge is 0.329 e. The fourth-order valence-electron chi connectivity index (χ4n) is 7.45. The first-order chi connectivity index (χ1) is 26.3. The van der Waals surface area contributed by atoms with Gasteiger partial charge in [0.15, 0.2) is 10.3 Å². The van der Waals surface area contributed by atoms with Gasteiger partial charge in [-0.15, -0.1) is 0 Å². The molecule has 54 heavy (non-hydrogen) atoms. The van der Waals surface area contributed by atoms with Crippen molar-refractivity contribution in [2.45, 2.75) is 42.2 Å². The van der Waals surface area contributed by atoms with Gasteiger partial charge in [-0.2, -0.15) is 0 Å². The Morgan fingerprint density at radius 1 is 0.926 bits per heavy atom. The Morgan fingerprint density at radius 3 is 2.50 bits per heavy atom. The minimum atomic E-state index is -0.308. The van der Waals surface area contributed by atoms with Crippen LogP contribution in [0.2, 0.25) is 0 Å². The highest BCUT2D eigenvalue weighted by Gasteiger charge is 2.53. The van der Waals surface area contributed by atoms with Crippen LogP contribution in [0.3, 0.4) is 0 Å². The molecule has 274 valence electrons. The Labute approximate surface area is 318 Å². The molecular formula is C40H37N6O6S2+. The van der Waals surface area contributed by atoms with Gasteiger partial charge < -0.3 is 19.8 Å². The normalized spacial score (nSPS) is 18.3. The van der Waals surface area contributed by atoms with Gasteiger partial charge in [0.1, 0.15) is 29.0 Å². The van der Waals surface area contributed by atoms with Crippen molar-refractivity contribution >= 4 is 68.5 Å². The zero-order valence-electron chi connectivity index (χ0n) is 29.7. The standard InChI is InChI=1S/C40H36N6O6S2/c1-51-28-13-11-27(12-14-28)46-19-17-26(46)6-5-18-45-38(50)30-15-9-24(20-32(30)43-40(45)54-23-36(46)48)25-10-16-34(52-2)33(21-25)41-35(47)22-53-39-42-31-8-4-3-7-29(31)37(49)44-39/h3-4,7-16,20-21,26H,5-6,17-19,22-23H2,1-2H3,(H-,41,42,44,47,49)/p+1. The van der Waals surface area contributed by atoms with Crippen LogP contribution in [0.5, 0.6) is 11.5 Å². The summed E-state index contributed by atoms with van der Waals surface area (Å²) >= 11 is 2.44. The van der Waals surface area contributed by atoms with E-state index in [1.54, 1.807) is 48.1 Å². The third kappa shape index (κ3) is 6.54. The maximum Gasteiger partial charge on any atom is 0.329 e. The summed E-state index contributed by atoms with van der Waals surface area (Å²) in [5, 5.41) is 4.77. The SMILES string of the molecule is COc1ccc([N+]23CCC2CCCn2c(nc4cc(-c5ccc(OC)c(NC(=O)CSc6nc7ccccc7c(=O)[nH]6)c5)ccc4c2=O)SCC3=O)cc1. The predicted octanol–water partition coefficient (Wildman–Crippen LogP) is 6.24. The molecule has 1 saturated heterocycles. The number of quaternary nitrogens is 1. The molecule has 2 N–H and O–H groups in total. The van der Waals surface area contributed by atoms with Crippen molar-refractivity contribution < 1.29 is 19.1 Å². The maximum atomic E-state index is 14.0. The van der Waals surface area contributed by atoms with Crippen LogP contribution in [0.15, 0.2) is 105 Å². The van der Waals surface area contributed by atoms with Crippen LogP contribution in [0, 0.1) is 0 Å².